The lowest BCUT2D eigenvalue weighted by atomic mass is 10.1. The molecule has 0 unspecified atom stereocenters. The monoisotopic (exact) mass is 530 g/mol. The second-order valence-electron chi connectivity index (χ2n) is 8.07. The summed E-state index contributed by atoms with van der Waals surface area (Å²) in [6, 6.07) is 25.4. The number of benzene rings is 3. The number of aromatic nitrogens is 3. The molecule has 0 atom stereocenters. The number of thiophene rings is 1. The number of nitrogens with one attached hydrogen (secondary N) is 1. The van der Waals surface area contributed by atoms with E-state index in [9.17, 15) is 9.18 Å². The van der Waals surface area contributed by atoms with Gasteiger partial charge in [0.2, 0.25) is 0 Å². The molecular weight excluding hydrogens is 507 g/mol. The summed E-state index contributed by atoms with van der Waals surface area (Å²) < 4.78 is 20.5. The Labute approximate surface area is 222 Å². The van der Waals surface area contributed by atoms with E-state index in [-0.39, 0.29) is 11.7 Å². The summed E-state index contributed by atoms with van der Waals surface area (Å²) in [7, 11) is 1.64. The second-order valence-corrected chi connectivity index (χ2v) is 9.96. The molecule has 37 heavy (non-hydrogen) atoms. The van der Waals surface area contributed by atoms with Crippen molar-refractivity contribution < 1.29 is 13.9 Å². The van der Waals surface area contributed by atoms with E-state index in [0.717, 1.165) is 38.4 Å². The van der Waals surface area contributed by atoms with Gasteiger partial charge >= 0.3 is 0 Å². The maximum atomic E-state index is 13.2. The van der Waals surface area contributed by atoms with Crippen molar-refractivity contribution in [3.8, 4) is 22.1 Å². The summed E-state index contributed by atoms with van der Waals surface area (Å²) >= 11 is 3.11. The van der Waals surface area contributed by atoms with Crippen molar-refractivity contribution in [2.75, 3.05) is 7.11 Å². The predicted octanol–water partition coefficient (Wildman–Crippen LogP) is 6.37. The topological polar surface area (TPSA) is 69.0 Å². The molecule has 1 amide bonds. The van der Waals surface area contributed by atoms with Gasteiger partial charge in [0.25, 0.3) is 5.91 Å². The van der Waals surface area contributed by atoms with Crippen molar-refractivity contribution in [3.05, 3.63) is 113 Å². The number of hydrogen-bond donors (Lipinski definition) is 1. The van der Waals surface area contributed by atoms with E-state index in [1.807, 2.05) is 64.5 Å². The van der Waals surface area contributed by atoms with Crippen molar-refractivity contribution in [2.45, 2.75) is 17.5 Å². The first-order chi connectivity index (χ1) is 18.1. The Kier molecular flexibility index (Phi) is 7.62. The van der Waals surface area contributed by atoms with Gasteiger partial charge in [-0.2, -0.15) is 0 Å². The van der Waals surface area contributed by atoms with Crippen molar-refractivity contribution in [1.82, 2.24) is 20.1 Å². The van der Waals surface area contributed by atoms with Gasteiger partial charge in [0, 0.05) is 17.9 Å². The average Bonchev–Trinajstić information content (AvgIpc) is 3.62. The molecule has 0 radical (unpaired) electrons. The molecule has 0 saturated heterocycles. The van der Waals surface area contributed by atoms with E-state index in [4.69, 9.17) is 4.74 Å². The predicted molar refractivity (Wildman–Crippen MR) is 145 cm³/mol. The SMILES string of the molecule is COc1ccc(-n2c(SCc3ccccc3C(=O)NCc3ccc(F)cc3)nnc2-c2cccs2)cc1. The molecular formula is C28H23FN4O2S2. The molecule has 3 aromatic carbocycles. The van der Waals surface area contributed by atoms with Crippen LogP contribution in [0.2, 0.25) is 0 Å². The number of carbonyl (C=O) groups is 1. The van der Waals surface area contributed by atoms with Crippen molar-refractivity contribution in [3.63, 3.8) is 0 Å². The summed E-state index contributed by atoms with van der Waals surface area (Å²) in [4.78, 5) is 14.0. The normalized spacial score (nSPS) is 10.9. The molecule has 0 aliphatic rings. The highest BCUT2D eigenvalue weighted by molar-refractivity contribution is 7.98. The number of thioether (sulfide) groups is 1. The first-order valence-electron chi connectivity index (χ1n) is 11.5. The molecule has 6 nitrogen and oxygen atoms in total. The second kappa shape index (κ2) is 11.4. The summed E-state index contributed by atoms with van der Waals surface area (Å²) in [5.74, 6) is 1.56. The van der Waals surface area contributed by atoms with E-state index in [2.05, 4.69) is 15.5 Å². The molecule has 9 heteroatoms. The van der Waals surface area contributed by atoms with Crippen LogP contribution in [0.1, 0.15) is 21.5 Å². The molecule has 186 valence electrons. The third-order valence-electron chi connectivity index (χ3n) is 5.69. The van der Waals surface area contributed by atoms with Gasteiger partial charge in [0.1, 0.15) is 11.6 Å². The standard InChI is InChI=1S/C28H23FN4O2S2/c1-35-23-14-12-22(13-15-23)33-26(25-7-4-16-36-25)31-32-28(33)37-18-20-5-2-3-6-24(20)27(34)30-17-19-8-10-21(29)11-9-19/h2-16H,17-18H2,1H3,(H,30,34). The van der Waals surface area contributed by atoms with Gasteiger partial charge in [0.15, 0.2) is 11.0 Å². The Morgan fingerprint density at radius 3 is 2.51 bits per heavy atom. The van der Waals surface area contributed by atoms with Crippen molar-refractivity contribution in [2.24, 2.45) is 0 Å². The Hall–Kier alpha value is -3.95. The highest BCUT2D eigenvalue weighted by Gasteiger charge is 2.18. The third kappa shape index (κ3) is 5.73. The molecule has 0 fully saturated rings. The smallest absolute Gasteiger partial charge is 0.251 e. The van der Waals surface area contributed by atoms with Crippen molar-refractivity contribution >= 4 is 29.0 Å². The maximum absolute atomic E-state index is 13.2. The van der Waals surface area contributed by atoms with Gasteiger partial charge in [-0.25, -0.2) is 4.39 Å². The van der Waals surface area contributed by atoms with Gasteiger partial charge in [-0.1, -0.05) is 48.2 Å². The van der Waals surface area contributed by atoms with Crippen molar-refractivity contribution in [1.29, 1.82) is 0 Å². The summed E-state index contributed by atoms with van der Waals surface area (Å²) in [6.45, 7) is 0.316. The van der Waals surface area contributed by atoms with E-state index < -0.39 is 0 Å². The fraction of sp³-hybridized carbons (Fsp3) is 0.107. The van der Waals surface area contributed by atoms with E-state index in [0.29, 0.717) is 17.9 Å². The number of nitrogens with zero attached hydrogens (tertiary/aromatic N) is 3. The molecule has 0 aliphatic carbocycles. The minimum absolute atomic E-state index is 0.184. The quantitative estimate of drug-likeness (QED) is 0.225. The van der Waals surface area contributed by atoms with Crippen LogP contribution in [0.4, 0.5) is 4.39 Å². The number of ether oxygens (including phenoxy) is 1. The maximum Gasteiger partial charge on any atom is 0.251 e. The van der Waals surface area contributed by atoms with Gasteiger partial charge in [0.05, 0.1) is 17.7 Å². The van der Waals surface area contributed by atoms with Gasteiger partial charge in [-0.15, -0.1) is 21.5 Å². The van der Waals surface area contributed by atoms with Crippen LogP contribution in [-0.4, -0.2) is 27.8 Å². The van der Waals surface area contributed by atoms with Crippen LogP contribution in [-0.2, 0) is 12.3 Å². The minimum Gasteiger partial charge on any atom is -0.497 e. The number of amides is 1. The largest absolute Gasteiger partial charge is 0.497 e. The first kappa shape index (κ1) is 24.7. The van der Waals surface area contributed by atoms with Crippen LogP contribution < -0.4 is 10.1 Å². The lowest BCUT2D eigenvalue weighted by molar-refractivity contribution is 0.0950. The lowest BCUT2D eigenvalue weighted by Crippen LogP contribution is -2.23. The molecule has 0 aliphatic heterocycles. The van der Waals surface area contributed by atoms with E-state index in [1.165, 1.54) is 23.9 Å². The fourth-order valence-corrected chi connectivity index (χ4v) is 5.44. The Balaban J connectivity index is 1.37. The average molecular weight is 531 g/mol. The Bertz CT molecular complexity index is 1480. The minimum atomic E-state index is -0.304. The van der Waals surface area contributed by atoms with Crippen LogP contribution in [0.5, 0.6) is 5.75 Å². The summed E-state index contributed by atoms with van der Waals surface area (Å²) in [6.07, 6.45) is 0. The molecule has 2 aromatic heterocycles. The summed E-state index contributed by atoms with van der Waals surface area (Å²) in [5.41, 5.74) is 3.22. The molecule has 2 heterocycles. The van der Waals surface area contributed by atoms with Gasteiger partial charge < -0.3 is 10.1 Å². The number of halogens is 1. The van der Waals surface area contributed by atoms with Gasteiger partial charge in [-0.3, -0.25) is 9.36 Å². The van der Waals surface area contributed by atoms with E-state index in [1.54, 1.807) is 36.6 Å². The van der Waals surface area contributed by atoms with E-state index >= 15 is 0 Å². The number of rotatable bonds is 9. The highest BCUT2D eigenvalue weighted by atomic mass is 32.2. The van der Waals surface area contributed by atoms with Gasteiger partial charge in [-0.05, 0) is 65.0 Å². The van der Waals surface area contributed by atoms with Crippen LogP contribution in [0, 0.1) is 5.82 Å². The molecule has 1 N–H and O–H groups in total. The van der Waals surface area contributed by atoms with Crippen LogP contribution >= 0.6 is 23.1 Å². The zero-order valence-corrected chi connectivity index (χ0v) is 21.6. The highest BCUT2D eigenvalue weighted by Crippen LogP contribution is 2.32. The third-order valence-corrected chi connectivity index (χ3v) is 7.53. The number of methoxy groups -OCH3 is 1. The Morgan fingerprint density at radius 2 is 1.78 bits per heavy atom. The molecule has 0 saturated carbocycles. The number of hydrogen-bond acceptors (Lipinski definition) is 6. The van der Waals surface area contributed by atoms with Crippen LogP contribution in [0.25, 0.3) is 16.4 Å². The molecule has 5 aromatic rings. The molecule has 5 rings (SSSR count). The zero-order chi connectivity index (χ0) is 25.6. The lowest BCUT2D eigenvalue weighted by Gasteiger charge is -2.12. The van der Waals surface area contributed by atoms with Crippen LogP contribution in [0.15, 0.2) is 95.5 Å². The molecule has 0 spiro atoms. The summed E-state index contributed by atoms with van der Waals surface area (Å²) in [5, 5.41) is 14.6. The number of carbonyl (C=O) groups excluding carboxylic acids is 1. The van der Waals surface area contributed by atoms with Crippen LogP contribution in [0.3, 0.4) is 0 Å². The fourth-order valence-electron chi connectivity index (χ4n) is 3.78. The Morgan fingerprint density at radius 1 is 1.00 bits per heavy atom. The first-order valence-corrected chi connectivity index (χ1v) is 13.4. The zero-order valence-electron chi connectivity index (χ0n) is 19.9. The molecule has 0 bridgehead atoms.